The van der Waals surface area contributed by atoms with Crippen LogP contribution in [0.15, 0.2) is 23.1 Å². The lowest BCUT2D eigenvalue weighted by atomic mass is 9.94. The number of hydrogen-bond acceptors (Lipinski definition) is 4. The molecule has 0 atom stereocenters. The number of sulfonamides is 1. The van der Waals surface area contributed by atoms with E-state index in [2.05, 4.69) is 4.72 Å². The first-order valence-corrected chi connectivity index (χ1v) is 8.79. The van der Waals surface area contributed by atoms with Crippen molar-refractivity contribution in [1.29, 1.82) is 0 Å². The molecule has 0 aliphatic heterocycles. The van der Waals surface area contributed by atoms with E-state index in [1.165, 1.54) is 6.07 Å². The monoisotopic (exact) mass is 328 g/mol. The highest BCUT2D eigenvalue weighted by atomic mass is 32.2. The third-order valence-corrected chi connectivity index (χ3v) is 5.68. The summed E-state index contributed by atoms with van der Waals surface area (Å²) >= 11 is 4.90. The summed E-state index contributed by atoms with van der Waals surface area (Å²) in [5.41, 5.74) is 6.75. The van der Waals surface area contributed by atoms with E-state index in [1.807, 2.05) is 0 Å². The molecule has 0 aromatic heterocycles. The van der Waals surface area contributed by atoms with Gasteiger partial charge in [0.15, 0.2) is 0 Å². The van der Waals surface area contributed by atoms with Crippen LogP contribution < -0.4 is 10.5 Å². The standard InChI is InChI=1S/C14H20N2O3S2/c1-9-2-3-10(14(15)20)8-13(9)21(18,19)16-11-4-6-12(17)7-5-11/h2-3,8,11-12,16-17H,4-7H2,1H3,(H2,15,20). The van der Waals surface area contributed by atoms with Crippen molar-refractivity contribution in [3.8, 4) is 0 Å². The number of aryl methyl sites for hydroxylation is 1. The van der Waals surface area contributed by atoms with Gasteiger partial charge in [0, 0.05) is 11.6 Å². The molecule has 116 valence electrons. The number of hydrogen-bond donors (Lipinski definition) is 3. The van der Waals surface area contributed by atoms with Gasteiger partial charge >= 0.3 is 0 Å². The van der Waals surface area contributed by atoms with Crippen molar-refractivity contribution in [1.82, 2.24) is 4.72 Å². The molecule has 0 amide bonds. The predicted octanol–water partition coefficient (Wildman–Crippen LogP) is 1.21. The lowest BCUT2D eigenvalue weighted by Gasteiger charge is -2.26. The molecule has 21 heavy (non-hydrogen) atoms. The van der Waals surface area contributed by atoms with Gasteiger partial charge in [0.05, 0.1) is 11.0 Å². The molecule has 1 aliphatic rings. The molecule has 2 rings (SSSR count). The second-order valence-electron chi connectivity index (χ2n) is 5.47. The van der Waals surface area contributed by atoms with Crippen LogP contribution in [0.2, 0.25) is 0 Å². The number of benzene rings is 1. The normalized spacial score (nSPS) is 23.0. The summed E-state index contributed by atoms with van der Waals surface area (Å²) in [7, 11) is -3.61. The zero-order valence-electron chi connectivity index (χ0n) is 11.9. The highest BCUT2D eigenvalue weighted by molar-refractivity contribution is 7.89. The average molecular weight is 328 g/mol. The van der Waals surface area contributed by atoms with E-state index in [0.29, 0.717) is 36.8 Å². The Morgan fingerprint density at radius 1 is 1.33 bits per heavy atom. The van der Waals surface area contributed by atoms with E-state index in [-0.39, 0.29) is 22.0 Å². The lowest BCUT2D eigenvalue weighted by molar-refractivity contribution is 0.120. The molecular formula is C14H20N2O3S2. The Balaban J connectivity index is 2.23. The summed E-state index contributed by atoms with van der Waals surface area (Å²) in [4.78, 5) is 0.381. The smallest absolute Gasteiger partial charge is 0.241 e. The zero-order chi connectivity index (χ0) is 15.6. The highest BCUT2D eigenvalue weighted by Crippen LogP contribution is 2.22. The Hall–Kier alpha value is -1.02. The molecule has 1 aromatic rings. The quantitative estimate of drug-likeness (QED) is 0.723. The second-order valence-corrected chi connectivity index (χ2v) is 7.59. The van der Waals surface area contributed by atoms with Crippen LogP contribution in [-0.4, -0.2) is 30.7 Å². The first-order valence-electron chi connectivity index (χ1n) is 6.90. The summed E-state index contributed by atoms with van der Waals surface area (Å²) in [5.74, 6) is 0. The van der Waals surface area contributed by atoms with Crippen molar-refractivity contribution >= 4 is 27.2 Å². The minimum Gasteiger partial charge on any atom is -0.393 e. The van der Waals surface area contributed by atoms with Crippen LogP contribution in [0.3, 0.4) is 0 Å². The van der Waals surface area contributed by atoms with E-state index >= 15 is 0 Å². The fraction of sp³-hybridized carbons (Fsp3) is 0.500. The number of rotatable bonds is 4. The zero-order valence-corrected chi connectivity index (χ0v) is 13.5. The van der Waals surface area contributed by atoms with Crippen LogP contribution in [0.5, 0.6) is 0 Å². The number of nitrogens with one attached hydrogen (secondary N) is 1. The van der Waals surface area contributed by atoms with Crippen LogP contribution in [0.1, 0.15) is 36.8 Å². The van der Waals surface area contributed by atoms with E-state index in [1.54, 1.807) is 19.1 Å². The molecule has 0 saturated heterocycles. The maximum absolute atomic E-state index is 12.5. The maximum atomic E-state index is 12.5. The fourth-order valence-corrected chi connectivity index (χ4v) is 4.22. The van der Waals surface area contributed by atoms with Gasteiger partial charge in [-0.1, -0.05) is 24.4 Å². The molecular weight excluding hydrogens is 308 g/mol. The van der Waals surface area contributed by atoms with Gasteiger partial charge in [-0.15, -0.1) is 0 Å². The van der Waals surface area contributed by atoms with Crippen molar-refractivity contribution in [3.05, 3.63) is 29.3 Å². The molecule has 4 N–H and O–H groups in total. The van der Waals surface area contributed by atoms with Crippen LogP contribution >= 0.6 is 12.2 Å². The van der Waals surface area contributed by atoms with E-state index < -0.39 is 10.0 Å². The van der Waals surface area contributed by atoms with Crippen molar-refractivity contribution in [2.45, 2.75) is 49.6 Å². The Bertz CT molecular complexity index is 636. The highest BCUT2D eigenvalue weighted by Gasteiger charge is 2.26. The van der Waals surface area contributed by atoms with Gasteiger partial charge in [-0.3, -0.25) is 0 Å². The molecule has 1 aliphatic carbocycles. The molecule has 0 heterocycles. The number of nitrogens with two attached hydrogens (primary N) is 1. The molecule has 7 heteroatoms. The molecule has 0 unspecified atom stereocenters. The molecule has 0 bridgehead atoms. The van der Waals surface area contributed by atoms with Crippen LogP contribution in [0.25, 0.3) is 0 Å². The predicted molar refractivity (Wildman–Crippen MR) is 85.7 cm³/mol. The van der Waals surface area contributed by atoms with Gasteiger partial charge in [0.1, 0.15) is 4.99 Å². The summed E-state index contributed by atoms with van der Waals surface area (Å²) in [6.45, 7) is 1.74. The first-order chi connectivity index (χ1) is 9.79. The largest absolute Gasteiger partial charge is 0.393 e. The molecule has 1 aromatic carbocycles. The van der Waals surface area contributed by atoms with Crippen LogP contribution in [0.4, 0.5) is 0 Å². The van der Waals surface area contributed by atoms with Gasteiger partial charge < -0.3 is 10.8 Å². The topological polar surface area (TPSA) is 92.4 Å². The summed E-state index contributed by atoms with van der Waals surface area (Å²) < 4.78 is 27.8. The summed E-state index contributed by atoms with van der Waals surface area (Å²) in [5, 5.41) is 9.48. The summed E-state index contributed by atoms with van der Waals surface area (Å²) in [6.07, 6.45) is 2.23. The van der Waals surface area contributed by atoms with Gasteiger partial charge in [-0.2, -0.15) is 0 Å². The Morgan fingerprint density at radius 2 is 1.95 bits per heavy atom. The number of aliphatic hydroxyl groups is 1. The third kappa shape index (κ3) is 4.00. The molecule has 0 spiro atoms. The van der Waals surface area contributed by atoms with Crippen LogP contribution in [-0.2, 0) is 10.0 Å². The Morgan fingerprint density at radius 3 is 2.52 bits per heavy atom. The van der Waals surface area contributed by atoms with Gasteiger partial charge in [0.2, 0.25) is 10.0 Å². The van der Waals surface area contributed by atoms with E-state index in [0.717, 1.165) is 0 Å². The second kappa shape index (κ2) is 6.39. The number of aliphatic hydroxyl groups excluding tert-OH is 1. The Kier molecular flexibility index (Phi) is 4.98. The van der Waals surface area contributed by atoms with Gasteiger partial charge in [-0.25, -0.2) is 13.1 Å². The van der Waals surface area contributed by atoms with Gasteiger partial charge in [0.25, 0.3) is 0 Å². The van der Waals surface area contributed by atoms with E-state index in [9.17, 15) is 13.5 Å². The SMILES string of the molecule is Cc1ccc(C(N)=S)cc1S(=O)(=O)NC1CCC(O)CC1. The molecule has 1 saturated carbocycles. The minimum atomic E-state index is -3.61. The maximum Gasteiger partial charge on any atom is 0.241 e. The third-order valence-electron chi connectivity index (χ3n) is 3.78. The average Bonchev–Trinajstić information content (AvgIpc) is 2.41. The minimum absolute atomic E-state index is 0.133. The van der Waals surface area contributed by atoms with Gasteiger partial charge in [-0.05, 0) is 44.2 Å². The molecule has 5 nitrogen and oxygen atoms in total. The van der Waals surface area contributed by atoms with Crippen molar-refractivity contribution < 1.29 is 13.5 Å². The van der Waals surface area contributed by atoms with Crippen molar-refractivity contribution in [2.24, 2.45) is 5.73 Å². The number of thiocarbonyl (C=S) groups is 1. The van der Waals surface area contributed by atoms with Crippen molar-refractivity contribution in [2.75, 3.05) is 0 Å². The molecule has 0 radical (unpaired) electrons. The van der Waals surface area contributed by atoms with Crippen LogP contribution in [0, 0.1) is 6.92 Å². The molecule has 1 fully saturated rings. The lowest BCUT2D eigenvalue weighted by Crippen LogP contribution is -2.38. The summed E-state index contributed by atoms with van der Waals surface area (Å²) in [6, 6.07) is 4.80. The fourth-order valence-electron chi connectivity index (χ4n) is 2.52. The van der Waals surface area contributed by atoms with Crippen molar-refractivity contribution in [3.63, 3.8) is 0 Å². The Labute approximate surface area is 130 Å². The van der Waals surface area contributed by atoms with E-state index in [4.69, 9.17) is 18.0 Å². The first kappa shape index (κ1) is 16.4.